The van der Waals surface area contributed by atoms with Crippen molar-refractivity contribution in [2.75, 3.05) is 7.05 Å². The SMILES string of the molecule is CCCCCC(NC)c1ccccc1Cl. The van der Waals surface area contributed by atoms with Crippen LogP contribution in [0.1, 0.15) is 44.2 Å². The second-order valence-corrected chi connectivity index (χ2v) is 4.27. The van der Waals surface area contributed by atoms with Gasteiger partial charge in [-0.05, 0) is 25.1 Å². The van der Waals surface area contributed by atoms with Crippen molar-refractivity contribution in [3.8, 4) is 0 Å². The van der Waals surface area contributed by atoms with E-state index in [2.05, 4.69) is 18.3 Å². The summed E-state index contributed by atoms with van der Waals surface area (Å²) in [5, 5.41) is 4.20. The van der Waals surface area contributed by atoms with Gasteiger partial charge in [-0.15, -0.1) is 0 Å². The fourth-order valence-electron chi connectivity index (χ4n) is 1.81. The van der Waals surface area contributed by atoms with E-state index in [-0.39, 0.29) is 0 Å². The van der Waals surface area contributed by atoms with Gasteiger partial charge in [-0.3, -0.25) is 0 Å². The molecular weight excluding hydrogens is 206 g/mol. The molecule has 1 N–H and O–H groups in total. The van der Waals surface area contributed by atoms with Gasteiger partial charge in [0.15, 0.2) is 0 Å². The summed E-state index contributed by atoms with van der Waals surface area (Å²) in [5.74, 6) is 0. The van der Waals surface area contributed by atoms with Crippen LogP contribution in [0.5, 0.6) is 0 Å². The van der Waals surface area contributed by atoms with Crippen molar-refractivity contribution in [2.45, 2.75) is 38.6 Å². The molecule has 0 heterocycles. The summed E-state index contributed by atoms with van der Waals surface area (Å²) >= 11 is 6.17. The van der Waals surface area contributed by atoms with Crippen LogP contribution in [-0.2, 0) is 0 Å². The number of hydrogen-bond acceptors (Lipinski definition) is 1. The lowest BCUT2D eigenvalue weighted by molar-refractivity contribution is 0.512. The monoisotopic (exact) mass is 225 g/mol. The number of unbranched alkanes of at least 4 members (excludes halogenated alkanes) is 2. The fourth-order valence-corrected chi connectivity index (χ4v) is 2.08. The molecule has 0 spiro atoms. The first-order chi connectivity index (χ1) is 7.29. The molecule has 1 unspecified atom stereocenters. The number of hydrogen-bond donors (Lipinski definition) is 1. The van der Waals surface area contributed by atoms with Gasteiger partial charge in [0.05, 0.1) is 0 Å². The number of halogens is 1. The first-order valence-electron chi connectivity index (χ1n) is 5.71. The molecule has 0 fully saturated rings. The molecule has 0 aliphatic rings. The minimum atomic E-state index is 0.394. The second-order valence-electron chi connectivity index (χ2n) is 3.86. The van der Waals surface area contributed by atoms with Gasteiger partial charge < -0.3 is 5.32 Å². The lowest BCUT2D eigenvalue weighted by Gasteiger charge is -2.17. The third kappa shape index (κ3) is 3.84. The van der Waals surface area contributed by atoms with Gasteiger partial charge in [-0.1, -0.05) is 56.0 Å². The summed E-state index contributed by atoms with van der Waals surface area (Å²) in [6, 6.07) is 8.48. The molecule has 0 amide bonds. The molecule has 1 rings (SSSR count). The van der Waals surface area contributed by atoms with E-state index in [0.29, 0.717) is 6.04 Å². The predicted molar refractivity (Wildman–Crippen MR) is 67.4 cm³/mol. The highest BCUT2D eigenvalue weighted by molar-refractivity contribution is 6.31. The number of rotatable bonds is 6. The Labute approximate surface area is 97.8 Å². The number of nitrogens with one attached hydrogen (secondary N) is 1. The maximum atomic E-state index is 6.17. The van der Waals surface area contributed by atoms with Crippen LogP contribution < -0.4 is 5.32 Å². The van der Waals surface area contributed by atoms with Gasteiger partial charge in [0.1, 0.15) is 0 Å². The molecule has 0 bridgehead atoms. The summed E-state index contributed by atoms with van der Waals surface area (Å²) in [7, 11) is 2.00. The van der Waals surface area contributed by atoms with E-state index in [1.54, 1.807) is 0 Å². The summed E-state index contributed by atoms with van der Waals surface area (Å²) in [6.45, 7) is 2.23. The van der Waals surface area contributed by atoms with Gasteiger partial charge in [-0.2, -0.15) is 0 Å². The van der Waals surface area contributed by atoms with Crippen LogP contribution >= 0.6 is 11.6 Å². The first kappa shape index (κ1) is 12.5. The zero-order valence-electron chi connectivity index (χ0n) is 9.59. The molecule has 0 radical (unpaired) electrons. The van der Waals surface area contributed by atoms with E-state index < -0.39 is 0 Å². The van der Waals surface area contributed by atoms with Crippen LogP contribution in [0.4, 0.5) is 0 Å². The summed E-state index contributed by atoms with van der Waals surface area (Å²) in [4.78, 5) is 0. The Hall–Kier alpha value is -0.530. The first-order valence-corrected chi connectivity index (χ1v) is 6.09. The highest BCUT2D eigenvalue weighted by Crippen LogP contribution is 2.26. The maximum Gasteiger partial charge on any atom is 0.0453 e. The van der Waals surface area contributed by atoms with Crippen LogP contribution in [0.2, 0.25) is 5.02 Å². The smallest absolute Gasteiger partial charge is 0.0453 e. The van der Waals surface area contributed by atoms with Crippen LogP contribution in [0.15, 0.2) is 24.3 Å². The minimum absolute atomic E-state index is 0.394. The molecule has 0 aliphatic carbocycles. The van der Waals surface area contributed by atoms with Crippen molar-refractivity contribution in [2.24, 2.45) is 0 Å². The van der Waals surface area contributed by atoms with Crippen LogP contribution in [0.25, 0.3) is 0 Å². The highest BCUT2D eigenvalue weighted by Gasteiger charge is 2.11. The largest absolute Gasteiger partial charge is 0.313 e. The minimum Gasteiger partial charge on any atom is -0.313 e. The molecule has 0 aromatic heterocycles. The molecule has 1 aromatic rings. The van der Waals surface area contributed by atoms with Crippen molar-refractivity contribution in [1.29, 1.82) is 0 Å². The predicted octanol–water partition coefficient (Wildman–Crippen LogP) is 4.18. The van der Waals surface area contributed by atoms with Gasteiger partial charge >= 0.3 is 0 Å². The van der Waals surface area contributed by atoms with Crippen LogP contribution in [0.3, 0.4) is 0 Å². The van der Waals surface area contributed by atoms with Crippen LogP contribution in [0, 0.1) is 0 Å². The van der Waals surface area contributed by atoms with E-state index in [0.717, 1.165) is 11.4 Å². The van der Waals surface area contributed by atoms with Gasteiger partial charge in [0.25, 0.3) is 0 Å². The Morgan fingerprint density at radius 1 is 1.27 bits per heavy atom. The summed E-state index contributed by atoms with van der Waals surface area (Å²) in [6.07, 6.45) is 4.98. The van der Waals surface area contributed by atoms with Crippen molar-refractivity contribution < 1.29 is 0 Å². The number of benzene rings is 1. The quantitative estimate of drug-likeness (QED) is 0.717. The molecule has 1 nitrogen and oxygen atoms in total. The van der Waals surface area contributed by atoms with Gasteiger partial charge in [0, 0.05) is 11.1 Å². The van der Waals surface area contributed by atoms with Crippen molar-refractivity contribution >= 4 is 11.6 Å². The molecule has 15 heavy (non-hydrogen) atoms. The lowest BCUT2D eigenvalue weighted by Crippen LogP contribution is -2.16. The average molecular weight is 226 g/mol. The van der Waals surface area contributed by atoms with E-state index in [4.69, 9.17) is 11.6 Å². The lowest BCUT2D eigenvalue weighted by atomic mass is 10.0. The third-order valence-corrected chi connectivity index (χ3v) is 3.07. The van der Waals surface area contributed by atoms with E-state index in [1.807, 2.05) is 25.2 Å². The molecular formula is C13H20ClN. The van der Waals surface area contributed by atoms with Gasteiger partial charge in [0.2, 0.25) is 0 Å². The molecule has 84 valence electrons. The Morgan fingerprint density at radius 2 is 2.00 bits per heavy atom. The zero-order chi connectivity index (χ0) is 11.1. The Kier molecular flexibility index (Phi) is 5.74. The van der Waals surface area contributed by atoms with E-state index in [9.17, 15) is 0 Å². The third-order valence-electron chi connectivity index (χ3n) is 2.73. The fraction of sp³-hybridized carbons (Fsp3) is 0.538. The van der Waals surface area contributed by atoms with Gasteiger partial charge in [-0.25, -0.2) is 0 Å². The van der Waals surface area contributed by atoms with E-state index >= 15 is 0 Å². The molecule has 0 aliphatic heterocycles. The molecule has 2 heteroatoms. The molecule has 0 saturated heterocycles. The zero-order valence-corrected chi connectivity index (χ0v) is 10.3. The molecule has 1 atom stereocenters. The van der Waals surface area contributed by atoms with Crippen molar-refractivity contribution in [1.82, 2.24) is 5.32 Å². The summed E-state index contributed by atoms with van der Waals surface area (Å²) < 4.78 is 0. The van der Waals surface area contributed by atoms with Crippen LogP contribution in [-0.4, -0.2) is 7.05 Å². The maximum absolute atomic E-state index is 6.17. The Bertz CT molecular complexity index is 286. The molecule has 1 aromatic carbocycles. The average Bonchev–Trinajstić information content (AvgIpc) is 2.26. The second kappa shape index (κ2) is 6.86. The Balaban J connectivity index is 2.61. The topological polar surface area (TPSA) is 12.0 Å². The normalized spacial score (nSPS) is 12.7. The highest BCUT2D eigenvalue weighted by atomic mass is 35.5. The van der Waals surface area contributed by atoms with E-state index in [1.165, 1.54) is 24.8 Å². The Morgan fingerprint density at radius 3 is 2.60 bits per heavy atom. The van der Waals surface area contributed by atoms with Crippen molar-refractivity contribution in [3.63, 3.8) is 0 Å². The molecule has 0 saturated carbocycles. The van der Waals surface area contributed by atoms with Crippen molar-refractivity contribution in [3.05, 3.63) is 34.9 Å². The standard InChI is InChI=1S/C13H20ClN/c1-3-4-5-10-13(15-2)11-8-6-7-9-12(11)14/h6-9,13,15H,3-5,10H2,1-2H3. The summed E-state index contributed by atoms with van der Waals surface area (Å²) in [5.41, 5.74) is 1.22.